The molecule has 9 heteroatoms. The highest BCUT2D eigenvalue weighted by Gasteiger charge is 2.30. The Balaban J connectivity index is 1.66. The zero-order valence-electron chi connectivity index (χ0n) is 20.0. The minimum absolute atomic E-state index is 0.336. The number of amides is 1. The van der Waals surface area contributed by atoms with E-state index in [9.17, 15) is 9.18 Å². The van der Waals surface area contributed by atoms with Crippen LogP contribution < -0.4 is 20.1 Å². The summed E-state index contributed by atoms with van der Waals surface area (Å²) in [5.41, 5.74) is 3.46. The maximum absolute atomic E-state index is 13.4. The predicted molar refractivity (Wildman–Crippen MR) is 143 cm³/mol. The molecule has 1 amide bonds. The standard InChI is InChI=1S/C27H25ClFN3O3S/c1-16-24(26(33)31-21-11-9-20(29)10-12-21)25(18-6-13-22(34-2)23(14-18)35-3)32-27(30-16)36-15-17-4-7-19(28)8-5-17/h4-14,25H,15H2,1-3H3,(H,30,32)(H,31,33). The Morgan fingerprint density at radius 1 is 1.06 bits per heavy atom. The van der Waals surface area contributed by atoms with Crippen LogP contribution in [0.3, 0.4) is 0 Å². The monoisotopic (exact) mass is 525 g/mol. The number of halogens is 2. The Kier molecular flexibility index (Phi) is 8.18. The summed E-state index contributed by atoms with van der Waals surface area (Å²) in [7, 11) is 3.13. The summed E-state index contributed by atoms with van der Waals surface area (Å²) in [5, 5.41) is 7.48. The zero-order chi connectivity index (χ0) is 25.7. The maximum Gasteiger partial charge on any atom is 0.255 e. The van der Waals surface area contributed by atoms with Gasteiger partial charge in [0.15, 0.2) is 16.7 Å². The Labute approximate surface area is 218 Å². The molecule has 1 atom stereocenters. The number of ether oxygens (including phenoxy) is 2. The van der Waals surface area contributed by atoms with Crippen LogP contribution in [0.4, 0.5) is 10.1 Å². The Hall–Kier alpha value is -3.49. The van der Waals surface area contributed by atoms with Crippen LogP contribution in [0, 0.1) is 5.82 Å². The van der Waals surface area contributed by atoms with Crippen LogP contribution >= 0.6 is 23.4 Å². The van der Waals surface area contributed by atoms with Crippen LogP contribution in [0.15, 0.2) is 83.0 Å². The van der Waals surface area contributed by atoms with E-state index in [0.717, 1.165) is 11.1 Å². The van der Waals surface area contributed by atoms with Gasteiger partial charge in [0.2, 0.25) is 0 Å². The van der Waals surface area contributed by atoms with E-state index in [-0.39, 0.29) is 11.7 Å². The van der Waals surface area contributed by atoms with Crippen molar-refractivity contribution in [2.24, 2.45) is 4.99 Å². The lowest BCUT2D eigenvalue weighted by Crippen LogP contribution is -2.32. The highest BCUT2D eigenvalue weighted by molar-refractivity contribution is 8.13. The molecule has 4 rings (SSSR count). The molecule has 0 spiro atoms. The summed E-state index contributed by atoms with van der Waals surface area (Å²) in [6.07, 6.45) is 0. The average molecular weight is 526 g/mol. The number of rotatable bonds is 7. The number of hydrogen-bond donors (Lipinski definition) is 2. The summed E-state index contributed by atoms with van der Waals surface area (Å²) >= 11 is 7.53. The number of amidine groups is 1. The van der Waals surface area contributed by atoms with Crippen molar-refractivity contribution in [3.8, 4) is 11.5 Å². The van der Waals surface area contributed by atoms with Crippen LogP contribution in [0.25, 0.3) is 0 Å². The molecule has 0 fully saturated rings. The third kappa shape index (κ3) is 6.01. The second kappa shape index (κ2) is 11.5. The average Bonchev–Trinajstić information content (AvgIpc) is 2.88. The summed E-state index contributed by atoms with van der Waals surface area (Å²) in [6, 6.07) is 18.1. The van der Waals surface area contributed by atoms with E-state index in [0.29, 0.717) is 44.4 Å². The molecule has 0 aromatic heterocycles. The van der Waals surface area contributed by atoms with Crippen LogP contribution in [0.1, 0.15) is 24.1 Å². The van der Waals surface area contributed by atoms with Crippen molar-refractivity contribution >= 4 is 40.1 Å². The van der Waals surface area contributed by atoms with Crippen molar-refractivity contribution in [1.82, 2.24) is 5.32 Å². The van der Waals surface area contributed by atoms with Crippen molar-refractivity contribution in [2.45, 2.75) is 18.7 Å². The molecule has 6 nitrogen and oxygen atoms in total. The minimum Gasteiger partial charge on any atom is -0.493 e. The number of nitrogens with zero attached hydrogens (tertiary/aromatic N) is 1. The minimum atomic E-state index is -0.598. The van der Waals surface area contributed by atoms with Gasteiger partial charge in [0.05, 0.1) is 19.8 Å². The van der Waals surface area contributed by atoms with Gasteiger partial charge in [0.25, 0.3) is 5.91 Å². The predicted octanol–water partition coefficient (Wildman–Crippen LogP) is 6.34. The molecular weight excluding hydrogens is 501 g/mol. The van der Waals surface area contributed by atoms with Gasteiger partial charge in [-0.1, -0.05) is 41.6 Å². The van der Waals surface area contributed by atoms with E-state index in [1.54, 1.807) is 20.3 Å². The van der Waals surface area contributed by atoms with E-state index < -0.39 is 6.04 Å². The molecule has 0 saturated carbocycles. The van der Waals surface area contributed by atoms with Gasteiger partial charge < -0.3 is 20.1 Å². The normalized spacial score (nSPS) is 15.1. The van der Waals surface area contributed by atoms with Gasteiger partial charge >= 0.3 is 0 Å². The van der Waals surface area contributed by atoms with E-state index in [1.165, 1.54) is 36.0 Å². The van der Waals surface area contributed by atoms with Gasteiger partial charge in [-0.2, -0.15) is 0 Å². The van der Waals surface area contributed by atoms with Crippen LogP contribution in [0.5, 0.6) is 11.5 Å². The SMILES string of the molecule is COc1ccc(C2N=C(SCc3ccc(Cl)cc3)NC(C)=C2C(=O)Nc2ccc(F)cc2)cc1OC. The lowest BCUT2D eigenvalue weighted by Gasteiger charge is -2.27. The fraction of sp³-hybridized carbons (Fsp3) is 0.185. The van der Waals surface area contributed by atoms with Crippen molar-refractivity contribution in [1.29, 1.82) is 0 Å². The first-order valence-corrected chi connectivity index (χ1v) is 12.5. The Morgan fingerprint density at radius 3 is 2.42 bits per heavy atom. The number of methoxy groups -OCH3 is 2. The Bertz CT molecular complexity index is 1310. The van der Waals surface area contributed by atoms with Gasteiger partial charge in [-0.05, 0) is 66.6 Å². The van der Waals surface area contributed by atoms with Gasteiger partial charge in [-0.15, -0.1) is 0 Å². The number of carbonyl (C=O) groups is 1. The van der Waals surface area contributed by atoms with E-state index >= 15 is 0 Å². The molecule has 186 valence electrons. The molecule has 1 heterocycles. The molecule has 1 unspecified atom stereocenters. The van der Waals surface area contributed by atoms with Gasteiger partial charge in [-0.3, -0.25) is 4.79 Å². The quantitative estimate of drug-likeness (QED) is 0.376. The number of benzene rings is 3. The molecule has 0 bridgehead atoms. The summed E-state index contributed by atoms with van der Waals surface area (Å²) in [6.45, 7) is 1.84. The highest BCUT2D eigenvalue weighted by Crippen LogP contribution is 2.37. The summed E-state index contributed by atoms with van der Waals surface area (Å²) in [4.78, 5) is 18.3. The molecular formula is C27H25ClFN3O3S. The number of anilines is 1. The third-order valence-corrected chi connectivity index (χ3v) is 6.79. The van der Waals surface area contributed by atoms with Crippen LogP contribution in [0.2, 0.25) is 5.02 Å². The molecule has 0 saturated heterocycles. The third-order valence-electron chi connectivity index (χ3n) is 5.58. The van der Waals surface area contributed by atoms with Gasteiger partial charge in [-0.25, -0.2) is 9.38 Å². The molecule has 3 aromatic rings. The summed E-state index contributed by atoms with van der Waals surface area (Å²) in [5.74, 6) is 1.07. The lowest BCUT2D eigenvalue weighted by molar-refractivity contribution is -0.113. The number of hydrogen-bond acceptors (Lipinski definition) is 6. The van der Waals surface area contributed by atoms with Gasteiger partial charge in [0, 0.05) is 22.2 Å². The first-order valence-electron chi connectivity index (χ1n) is 11.1. The molecule has 3 aromatic carbocycles. The topological polar surface area (TPSA) is 72.0 Å². The number of nitrogens with one attached hydrogen (secondary N) is 2. The molecule has 36 heavy (non-hydrogen) atoms. The van der Waals surface area contributed by atoms with Crippen LogP contribution in [-0.4, -0.2) is 25.3 Å². The van der Waals surface area contributed by atoms with E-state index in [1.807, 2.05) is 43.3 Å². The smallest absolute Gasteiger partial charge is 0.255 e. The number of thioether (sulfide) groups is 1. The van der Waals surface area contributed by atoms with Crippen molar-refractivity contribution in [3.63, 3.8) is 0 Å². The zero-order valence-corrected chi connectivity index (χ0v) is 21.5. The molecule has 0 aliphatic carbocycles. The molecule has 1 aliphatic heterocycles. The largest absolute Gasteiger partial charge is 0.493 e. The highest BCUT2D eigenvalue weighted by atomic mass is 35.5. The van der Waals surface area contributed by atoms with Gasteiger partial charge in [0.1, 0.15) is 11.9 Å². The molecule has 1 aliphatic rings. The second-order valence-electron chi connectivity index (χ2n) is 7.99. The number of aliphatic imine (C=N–C) groups is 1. The fourth-order valence-electron chi connectivity index (χ4n) is 3.74. The van der Waals surface area contributed by atoms with E-state index in [4.69, 9.17) is 26.1 Å². The maximum atomic E-state index is 13.4. The fourth-order valence-corrected chi connectivity index (χ4v) is 4.77. The Morgan fingerprint density at radius 2 is 1.75 bits per heavy atom. The number of allylic oxidation sites excluding steroid dienone is 1. The lowest BCUT2D eigenvalue weighted by atomic mass is 9.95. The molecule has 0 radical (unpaired) electrons. The number of carbonyl (C=O) groups excluding carboxylic acids is 1. The van der Waals surface area contributed by atoms with Crippen LogP contribution in [-0.2, 0) is 10.5 Å². The first-order chi connectivity index (χ1) is 17.4. The van der Waals surface area contributed by atoms with Crippen molar-refractivity contribution in [3.05, 3.63) is 100.0 Å². The molecule has 2 N–H and O–H groups in total. The summed E-state index contributed by atoms with van der Waals surface area (Å²) < 4.78 is 24.2. The second-order valence-corrected chi connectivity index (χ2v) is 9.39. The van der Waals surface area contributed by atoms with E-state index in [2.05, 4.69) is 10.6 Å². The van der Waals surface area contributed by atoms with Crippen molar-refractivity contribution in [2.75, 3.05) is 19.5 Å². The van der Waals surface area contributed by atoms with Crippen molar-refractivity contribution < 1.29 is 18.7 Å². The first kappa shape index (κ1) is 25.6.